The summed E-state index contributed by atoms with van der Waals surface area (Å²) in [6.07, 6.45) is -1.09. The lowest BCUT2D eigenvalue weighted by Crippen LogP contribution is -2.49. The molecule has 0 saturated heterocycles. The van der Waals surface area contributed by atoms with Crippen LogP contribution in [0.15, 0.2) is 0 Å². The highest BCUT2D eigenvalue weighted by molar-refractivity contribution is 5.81. The Morgan fingerprint density at radius 1 is 0.759 bits per heavy atom. The first-order valence-corrected chi connectivity index (χ1v) is 9.17. The molecule has 13 nitrogen and oxygen atoms in total. The highest BCUT2D eigenvalue weighted by Crippen LogP contribution is 2.05. The molecule has 0 rings (SSSR count). The highest BCUT2D eigenvalue weighted by atomic mass is 16.4. The molecule has 0 saturated carbocycles. The van der Waals surface area contributed by atoms with E-state index in [0.717, 1.165) is 0 Å². The number of hydrogen-bond donors (Lipinski definition) is 8. The molecule has 0 aliphatic carbocycles. The van der Waals surface area contributed by atoms with Gasteiger partial charge < -0.3 is 42.1 Å². The molecule has 13 heteroatoms. The van der Waals surface area contributed by atoms with Crippen molar-refractivity contribution in [3.8, 4) is 0 Å². The molecule has 0 aromatic carbocycles. The Balaban J connectivity index is 4.48. The first kappa shape index (κ1) is 26.7. The van der Waals surface area contributed by atoms with E-state index < -0.39 is 48.8 Å². The Morgan fingerprint density at radius 3 is 1.76 bits per heavy atom. The van der Waals surface area contributed by atoms with E-state index in [0.29, 0.717) is 39.3 Å². The molecule has 0 heterocycles. The van der Waals surface area contributed by atoms with Crippen molar-refractivity contribution < 1.29 is 39.6 Å². The zero-order chi connectivity index (χ0) is 22.2. The van der Waals surface area contributed by atoms with Gasteiger partial charge in [0.05, 0.1) is 12.8 Å². The lowest BCUT2D eigenvalue weighted by atomic mass is 10.1. The summed E-state index contributed by atoms with van der Waals surface area (Å²) in [6, 6.07) is -2.38. The second kappa shape index (κ2) is 15.6. The summed E-state index contributed by atoms with van der Waals surface area (Å²) in [5.41, 5.74) is 5.38. The third kappa shape index (κ3) is 13.5. The maximum atomic E-state index is 11.4. The van der Waals surface area contributed by atoms with Gasteiger partial charge in [-0.15, -0.1) is 0 Å². The number of hydrogen-bond acceptors (Lipinski definition) is 9. The van der Waals surface area contributed by atoms with Crippen LogP contribution in [-0.4, -0.2) is 114 Å². The fourth-order valence-electron chi connectivity index (χ4n) is 2.52. The Hall–Kier alpha value is -2.32. The molecule has 0 aromatic heterocycles. The van der Waals surface area contributed by atoms with Crippen molar-refractivity contribution in [2.75, 3.05) is 52.4 Å². The molecule has 168 valence electrons. The molecule has 0 aliphatic rings. The van der Waals surface area contributed by atoms with Crippen LogP contribution in [0.25, 0.3) is 0 Å². The molecular weight excluding hydrogens is 390 g/mol. The summed E-state index contributed by atoms with van der Waals surface area (Å²) in [5, 5.41) is 44.5. The number of rotatable bonds is 19. The summed E-state index contributed by atoms with van der Waals surface area (Å²) in [7, 11) is 0. The number of aliphatic carboxylic acids is 4. The van der Waals surface area contributed by atoms with Gasteiger partial charge in [-0.2, -0.15) is 0 Å². The molecule has 2 atom stereocenters. The van der Waals surface area contributed by atoms with Gasteiger partial charge in [-0.05, 0) is 0 Å². The van der Waals surface area contributed by atoms with E-state index in [1.165, 1.54) is 4.90 Å². The summed E-state index contributed by atoms with van der Waals surface area (Å²) in [5.74, 6) is -4.94. The van der Waals surface area contributed by atoms with Crippen molar-refractivity contribution >= 4 is 23.9 Å². The normalized spacial score (nSPS) is 13.2. The van der Waals surface area contributed by atoms with Crippen LogP contribution in [0.2, 0.25) is 0 Å². The standard InChI is InChI=1S/C16H31N5O8/c17-1-2-18-5-7-21(12(16(28)29)10-14(24)25)8-6-19-3-4-20-11(15(26)27)9-13(22)23/h11-12,18-20H,1-10,17H2,(H,22,23)(H,24,25)(H,26,27)(H,28,29). The number of nitrogens with one attached hydrogen (secondary N) is 3. The number of carboxylic acid groups (broad SMARTS) is 4. The van der Waals surface area contributed by atoms with Gasteiger partial charge in [0.2, 0.25) is 0 Å². The molecule has 2 unspecified atom stereocenters. The summed E-state index contributed by atoms with van der Waals surface area (Å²) in [4.78, 5) is 45.5. The smallest absolute Gasteiger partial charge is 0.321 e. The topological polar surface area (TPSA) is 215 Å². The molecule has 9 N–H and O–H groups in total. The second-order valence-electron chi connectivity index (χ2n) is 6.22. The predicted octanol–water partition coefficient (Wildman–Crippen LogP) is -3.13. The van der Waals surface area contributed by atoms with Crippen molar-refractivity contribution in [2.24, 2.45) is 5.73 Å². The lowest BCUT2D eigenvalue weighted by molar-refractivity contribution is -0.149. The van der Waals surface area contributed by atoms with Crippen LogP contribution in [0.5, 0.6) is 0 Å². The fourth-order valence-corrected chi connectivity index (χ4v) is 2.52. The van der Waals surface area contributed by atoms with E-state index >= 15 is 0 Å². The van der Waals surface area contributed by atoms with Crippen molar-refractivity contribution in [1.82, 2.24) is 20.9 Å². The minimum absolute atomic E-state index is 0.194. The van der Waals surface area contributed by atoms with Crippen LogP contribution < -0.4 is 21.7 Å². The van der Waals surface area contributed by atoms with Gasteiger partial charge in [-0.1, -0.05) is 0 Å². The molecule has 29 heavy (non-hydrogen) atoms. The van der Waals surface area contributed by atoms with Gasteiger partial charge in [-0.3, -0.25) is 24.1 Å². The van der Waals surface area contributed by atoms with Crippen LogP contribution in [0.1, 0.15) is 12.8 Å². The third-order valence-corrected chi connectivity index (χ3v) is 3.94. The number of carbonyl (C=O) groups is 4. The van der Waals surface area contributed by atoms with E-state index in [4.69, 9.17) is 21.1 Å². The minimum atomic E-state index is -1.26. The van der Waals surface area contributed by atoms with Crippen molar-refractivity contribution in [3.63, 3.8) is 0 Å². The highest BCUT2D eigenvalue weighted by Gasteiger charge is 2.27. The average molecular weight is 421 g/mol. The quantitative estimate of drug-likeness (QED) is 0.0969. The summed E-state index contributed by atoms with van der Waals surface area (Å²) >= 11 is 0. The Morgan fingerprint density at radius 2 is 1.31 bits per heavy atom. The second-order valence-corrected chi connectivity index (χ2v) is 6.22. The summed E-state index contributed by atoms with van der Waals surface area (Å²) < 4.78 is 0. The fraction of sp³-hybridized carbons (Fsp3) is 0.750. The van der Waals surface area contributed by atoms with Crippen molar-refractivity contribution in [2.45, 2.75) is 24.9 Å². The Bertz CT molecular complexity index is 533. The van der Waals surface area contributed by atoms with Crippen LogP contribution >= 0.6 is 0 Å². The maximum absolute atomic E-state index is 11.4. The Kier molecular flexibility index (Phi) is 14.3. The molecule has 0 aliphatic heterocycles. The van der Waals surface area contributed by atoms with E-state index in [2.05, 4.69) is 16.0 Å². The van der Waals surface area contributed by atoms with Gasteiger partial charge in [-0.25, -0.2) is 0 Å². The predicted molar refractivity (Wildman–Crippen MR) is 102 cm³/mol. The molecule has 0 radical (unpaired) electrons. The first-order valence-electron chi connectivity index (χ1n) is 9.17. The zero-order valence-electron chi connectivity index (χ0n) is 16.2. The van der Waals surface area contributed by atoms with Crippen LogP contribution in [0.3, 0.4) is 0 Å². The van der Waals surface area contributed by atoms with Crippen LogP contribution in [-0.2, 0) is 19.2 Å². The van der Waals surface area contributed by atoms with Gasteiger partial charge >= 0.3 is 23.9 Å². The van der Waals surface area contributed by atoms with E-state index in [1.807, 2.05) is 0 Å². The molecule has 0 aromatic rings. The third-order valence-electron chi connectivity index (χ3n) is 3.94. The molecule has 0 spiro atoms. The van der Waals surface area contributed by atoms with Crippen molar-refractivity contribution in [3.05, 3.63) is 0 Å². The SMILES string of the molecule is NCCNCCN(CCNCCNC(CC(=O)O)C(=O)O)C(CC(=O)O)C(=O)O. The van der Waals surface area contributed by atoms with Gasteiger partial charge in [0, 0.05) is 52.4 Å². The zero-order valence-corrected chi connectivity index (χ0v) is 16.2. The minimum Gasteiger partial charge on any atom is -0.481 e. The maximum Gasteiger partial charge on any atom is 0.321 e. The van der Waals surface area contributed by atoms with Crippen LogP contribution in [0, 0.1) is 0 Å². The molecular formula is C16H31N5O8. The Labute approximate surface area is 168 Å². The van der Waals surface area contributed by atoms with E-state index in [9.17, 15) is 24.3 Å². The first-order chi connectivity index (χ1) is 13.7. The molecule has 0 amide bonds. The molecule has 0 fully saturated rings. The van der Waals surface area contributed by atoms with E-state index in [-0.39, 0.29) is 13.1 Å². The summed E-state index contributed by atoms with van der Waals surface area (Å²) in [6.45, 7) is 2.83. The van der Waals surface area contributed by atoms with E-state index in [1.54, 1.807) is 0 Å². The van der Waals surface area contributed by atoms with Crippen molar-refractivity contribution in [1.29, 1.82) is 0 Å². The number of nitrogens with two attached hydrogens (primary N) is 1. The number of nitrogens with zero attached hydrogens (tertiary/aromatic N) is 1. The average Bonchev–Trinajstić information content (AvgIpc) is 2.62. The van der Waals surface area contributed by atoms with Crippen LogP contribution in [0.4, 0.5) is 0 Å². The van der Waals surface area contributed by atoms with Gasteiger partial charge in [0.25, 0.3) is 0 Å². The largest absolute Gasteiger partial charge is 0.481 e. The monoisotopic (exact) mass is 421 g/mol. The van der Waals surface area contributed by atoms with Gasteiger partial charge in [0.1, 0.15) is 12.1 Å². The van der Waals surface area contributed by atoms with Gasteiger partial charge in [0.15, 0.2) is 0 Å². The lowest BCUT2D eigenvalue weighted by Gasteiger charge is -2.28. The number of carboxylic acids is 4. The molecule has 0 bridgehead atoms.